The van der Waals surface area contributed by atoms with E-state index in [1.54, 1.807) is 19.2 Å². The molecule has 1 N–H and O–H groups in total. The highest BCUT2D eigenvalue weighted by Gasteiger charge is 2.19. The van der Waals surface area contributed by atoms with E-state index in [2.05, 4.69) is 10.5 Å². The Morgan fingerprint density at radius 3 is 2.46 bits per heavy atom. The molecule has 124 valence electrons. The fourth-order valence-electron chi connectivity index (χ4n) is 2.04. The number of non-ortho nitro benzene ring substituents is 1. The van der Waals surface area contributed by atoms with E-state index in [0.717, 1.165) is 22.9 Å². The maximum atomic E-state index is 11.0. The van der Waals surface area contributed by atoms with Crippen LogP contribution in [0.4, 0.5) is 17.1 Å². The summed E-state index contributed by atoms with van der Waals surface area (Å²) in [6.07, 6.45) is 1.48. The van der Waals surface area contributed by atoms with Gasteiger partial charge in [-0.1, -0.05) is 0 Å². The minimum atomic E-state index is -0.706. The summed E-state index contributed by atoms with van der Waals surface area (Å²) >= 11 is 0. The summed E-state index contributed by atoms with van der Waals surface area (Å²) in [7, 11) is 1.57. The van der Waals surface area contributed by atoms with Crippen molar-refractivity contribution < 1.29 is 14.6 Å². The van der Waals surface area contributed by atoms with Crippen LogP contribution in [0.2, 0.25) is 0 Å². The van der Waals surface area contributed by atoms with E-state index in [1.165, 1.54) is 18.3 Å². The first kappa shape index (κ1) is 16.9. The number of anilines is 1. The maximum Gasteiger partial charge on any atom is 0.301 e. The molecule has 0 aliphatic carbocycles. The van der Waals surface area contributed by atoms with Gasteiger partial charge in [0.2, 0.25) is 0 Å². The van der Waals surface area contributed by atoms with Crippen LogP contribution in [0, 0.1) is 27.2 Å². The SMILES string of the molecule is COc1ccc(/C=N\Nc2ccc([N+](=O)[O-])cc2[N+](=O)[O-])cc1C. The van der Waals surface area contributed by atoms with E-state index < -0.39 is 15.5 Å². The first-order chi connectivity index (χ1) is 11.4. The number of nitrogens with one attached hydrogen (secondary N) is 1. The topological polar surface area (TPSA) is 120 Å². The molecule has 0 amide bonds. The monoisotopic (exact) mass is 330 g/mol. The Hall–Kier alpha value is -3.49. The van der Waals surface area contributed by atoms with Crippen molar-refractivity contribution in [3.8, 4) is 5.75 Å². The van der Waals surface area contributed by atoms with Gasteiger partial charge in [0, 0.05) is 6.07 Å². The van der Waals surface area contributed by atoms with Gasteiger partial charge >= 0.3 is 5.69 Å². The molecule has 2 aromatic rings. The van der Waals surface area contributed by atoms with Gasteiger partial charge in [-0.15, -0.1) is 0 Å². The van der Waals surface area contributed by atoms with Crippen molar-refractivity contribution in [2.45, 2.75) is 6.92 Å². The van der Waals surface area contributed by atoms with Gasteiger partial charge in [0.05, 0.1) is 29.2 Å². The number of hydrogen-bond donors (Lipinski definition) is 1. The van der Waals surface area contributed by atoms with E-state index >= 15 is 0 Å². The fraction of sp³-hybridized carbons (Fsp3) is 0.133. The lowest BCUT2D eigenvalue weighted by Gasteiger charge is -2.05. The lowest BCUT2D eigenvalue weighted by molar-refractivity contribution is -0.393. The molecule has 2 rings (SSSR count). The Labute approximate surface area is 136 Å². The second-order valence-electron chi connectivity index (χ2n) is 4.81. The van der Waals surface area contributed by atoms with Crippen LogP contribution in [0.15, 0.2) is 41.5 Å². The van der Waals surface area contributed by atoms with Gasteiger partial charge in [-0.3, -0.25) is 25.7 Å². The Morgan fingerprint density at radius 2 is 1.88 bits per heavy atom. The number of rotatable bonds is 6. The van der Waals surface area contributed by atoms with Crippen molar-refractivity contribution in [2.75, 3.05) is 12.5 Å². The quantitative estimate of drug-likeness (QED) is 0.493. The third-order valence-electron chi connectivity index (χ3n) is 3.21. The van der Waals surface area contributed by atoms with Crippen LogP contribution in [0.25, 0.3) is 0 Å². The van der Waals surface area contributed by atoms with Crippen molar-refractivity contribution >= 4 is 23.3 Å². The molecule has 24 heavy (non-hydrogen) atoms. The molecule has 0 heterocycles. The lowest BCUT2D eigenvalue weighted by Crippen LogP contribution is -1.99. The Bertz CT molecular complexity index is 820. The molecule has 0 aliphatic rings. The van der Waals surface area contributed by atoms with Crippen LogP contribution >= 0.6 is 0 Å². The van der Waals surface area contributed by atoms with Gasteiger partial charge in [0.1, 0.15) is 11.4 Å². The zero-order chi connectivity index (χ0) is 17.7. The van der Waals surface area contributed by atoms with Crippen LogP contribution < -0.4 is 10.2 Å². The zero-order valence-corrected chi connectivity index (χ0v) is 12.9. The smallest absolute Gasteiger partial charge is 0.301 e. The van der Waals surface area contributed by atoms with E-state index in [4.69, 9.17) is 4.74 Å². The molecule has 0 spiro atoms. The van der Waals surface area contributed by atoms with E-state index in [-0.39, 0.29) is 11.4 Å². The van der Waals surface area contributed by atoms with Crippen molar-refractivity contribution in [1.82, 2.24) is 0 Å². The van der Waals surface area contributed by atoms with E-state index in [0.29, 0.717) is 0 Å². The summed E-state index contributed by atoms with van der Waals surface area (Å²) < 4.78 is 5.16. The van der Waals surface area contributed by atoms with Gasteiger partial charge < -0.3 is 4.74 Å². The minimum Gasteiger partial charge on any atom is -0.496 e. The molecule has 9 nitrogen and oxygen atoms in total. The summed E-state index contributed by atoms with van der Waals surface area (Å²) in [5.74, 6) is 0.742. The molecular weight excluding hydrogens is 316 g/mol. The number of hydrazone groups is 1. The Balaban J connectivity index is 2.20. The number of nitrogens with zero attached hydrogens (tertiary/aromatic N) is 3. The molecule has 0 unspecified atom stereocenters. The third-order valence-corrected chi connectivity index (χ3v) is 3.21. The highest BCUT2D eigenvalue weighted by Crippen LogP contribution is 2.28. The van der Waals surface area contributed by atoms with Crippen LogP contribution in [-0.2, 0) is 0 Å². The summed E-state index contributed by atoms with van der Waals surface area (Å²) in [5, 5.41) is 25.7. The third kappa shape index (κ3) is 3.83. The first-order valence-electron chi connectivity index (χ1n) is 6.79. The number of nitro benzene ring substituents is 2. The molecule has 0 aliphatic heterocycles. The Kier molecular flexibility index (Phi) is 5.05. The number of aryl methyl sites for hydroxylation is 1. The number of nitro groups is 2. The molecular formula is C15H14N4O5. The number of benzene rings is 2. The van der Waals surface area contributed by atoms with Crippen LogP contribution in [0.1, 0.15) is 11.1 Å². The number of hydrogen-bond acceptors (Lipinski definition) is 7. The Morgan fingerprint density at radius 1 is 1.12 bits per heavy atom. The second-order valence-corrected chi connectivity index (χ2v) is 4.81. The predicted octanol–water partition coefficient (Wildman–Crippen LogP) is 3.27. The average Bonchev–Trinajstić information content (AvgIpc) is 2.55. The molecule has 0 saturated heterocycles. The van der Waals surface area contributed by atoms with Crippen molar-refractivity contribution in [3.05, 3.63) is 67.8 Å². The van der Waals surface area contributed by atoms with Crippen LogP contribution in [0.5, 0.6) is 5.75 Å². The van der Waals surface area contributed by atoms with Gasteiger partial charge in [0.15, 0.2) is 0 Å². The second kappa shape index (κ2) is 7.18. The van der Waals surface area contributed by atoms with Gasteiger partial charge in [0.25, 0.3) is 5.69 Å². The van der Waals surface area contributed by atoms with E-state index in [1.807, 2.05) is 13.0 Å². The molecule has 0 atom stereocenters. The van der Waals surface area contributed by atoms with Crippen molar-refractivity contribution in [3.63, 3.8) is 0 Å². The number of methoxy groups -OCH3 is 1. The van der Waals surface area contributed by atoms with Crippen LogP contribution in [-0.4, -0.2) is 23.2 Å². The molecule has 0 aromatic heterocycles. The molecule has 0 bridgehead atoms. The molecule has 0 saturated carbocycles. The average molecular weight is 330 g/mol. The lowest BCUT2D eigenvalue weighted by atomic mass is 10.1. The van der Waals surface area contributed by atoms with Crippen molar-refractivity contribution in [2.24, 2.45) is 5.10 Å². The van der Waals surface area contributed by atoms with Crippen LogP contribution in [0.3, 0.4) is 0 Å². The summed E-state index contributed by atoms with van der Waals surface area (Å²) in [6, 6.07) is 8.70. The summed E-state index contributed by atoms with van der Waals surface area (Å²) in [6.45, 7) is 1.88. The van der Waals surface area contributed by atoms with Gasteiger partial charge in [-0.2, -0.15) is 5.10 Å². The highest BCUT2D eigenvalue weighted by atomic mass is 16.6. The summed E-state index contributed by atoms with van der Waals surface area (Å²) in [4.78, 5) is 20.3. The molecule has 2 aromatic carbocycles. The predicted molar refractivity (Wildman–Crippen MR) is 88.7 cm³/mol. The van der Waals surface area contributed by atoms with E-state index in [9.17, 15) is 20.2 Å². The molecule has 0 radical (unpaired) electrons. The number of ether oxygens (including phenoxy) is 1. The minimum absolute atomic E-state index is 0.0621. The van der Waals surface area contributed by atoms with Gasteiger partial charge in [-0.05, 0) is 42.3 Å². The zero-order valence-electron chi connectivity index (χ0n) is 12.9. The maximum absolute atomic E-state index is 11.0. The first-order valence-corrected chi connectivity index (χ1v) is 6.79. The largest absolute Gasteiger partial charge is 0.496 e. The summed E-state index contributed by atoms with van der Waals surface area (Å²) in [5.41, 5.74) is 3.50. The fourth-order valence-corrected chi connectivity index (χ4v) is 2.04. The highest BCUT2D eigenvalue weighted by molar-refractivity contribution is 5.81. The standard InChI is InChI=1S/C15H14N4O5/c1-10-7-11(3-6-15(10)24-2)9-16-17-13-5-4-12(18(20)21)8-14(13)19(22)23/h3-9,17H,1-2H3/b16-9-. The normalized spacial score (nSPS) is 10.6. The van der Waals surface area contributed by atoms with Crippen molar-refractivity contribution in [1.29, 1.82) is 0 Å². The van der Waals surface area contributed by atoms with Gasteiger partial charge in [-0.25, -0.2) is 0 Å². The molecule has 0 fully saturated rings. The molecule has 9 heteroatoms.